The van der Waals surface area contributed by atoms with Crippen LogP contribution in [0.5, 0.6) is 0 Å². The fraction of sp³-hybridized carbons (Fsp3) is 0.200. The Balaban J connectivity index is 2.83. The summed E-state index contributed by atoms with van der Waals surface area (Å²) in [7, 11) is 0. The quantitative estimate of drug-likeness (QED) is 0.606. The zero-order valence-corrected chi connectivity index (χ0v) is 7.48. The normalized spacial score (nSPS) is 9.12. The minimum atomic E-state index is -0.366. The van der Waals surface area contributed by atoms with Crippen molar-refractivity contribution in [3.63, 3.8) is 0 Å². The van der Waals surface area contributed by atoms with Crippen LogP contribution in [0, 0.1) is 0 Å². The molecule has 0 fully saturated rings. The van der Waals surface area contributed by atoms with Gasteiger partial charge in [0.1, 0.15) is 0 Å². The average molecular weight is 213 g/mol. The van der Waals surface area contributed by atoms with Crippen molar-refractivity contribution in [3.8, 4) is 0 Å². The second-order valence-electron chi connectivity index (χ2n) is 1.32. The van der Waals surface area contributed by atoms with Crippen LogP contribution < -0.4 is 3.84 Å². The molecule has 0 aliphatic rings. The Morgan fingerprint density at radius 2 is 2.00 bits per heavy atom. The Bertz CT molecular complexity index is 152. The molecule has 0 saturated carbocycles. The zero-order chi connectivity index (χ0) is 5.82. The summed E-state index contributed by atoms with van der Waals surface area (Å²) in [6.07, 6.45) is 3.60. The van der Waals surface area contributed by atoms with E-state index in [0.717, 1.165) is 3.84 Å². The first-order valence-electron chi connectivity index (χ1n) is 2.38. The average Bonchev–Trinajstić information content (AvgIpc) is 1.90. The van der Waals surface area contributed by atoms with Crippen molar-refractivity contribution in [2.45, 2.75) is 4.94 Å². The minimum absolute atomic E-state index is 0.366. The third-order valence-corrected chi connectivity index (χ3v) is 2.80. The van der Waals surface area contributed by atoms with E-state index in [1.807, 2.05) is 6.07 Å². The summed E-state index contributed by atoms with van der Waals surface area (Å²) in [5, 5.41) is 0. The molecule has 3 heteroatoms. The number of rotatable bonds is 1. The van der Waals surface area contributed by atoms with Crippen LogP contribution in [0.25, 0.3) is 0 Å². The molecule has 8 heavy (non-hydrogen) atoms. The molecule has 1 aromatic heterocycles. The first-order valence-corrected chi connectivity index (χ1v) is 6.66. The van der Waals surface area contributed by atoms with Gasteiger partial charge < -0.3 is 0 Å². The number of hydrogen-bond donors (Lipinski definition) is 0. The molecule has 0 N–H and O–H groups in total. The van der Waals surface area contributed by atoms with Crippen molar-refractivity contribution in [3.05, 3.63) is 18.5 Å². The molecule has 0 aliphatic heterocycles. The van der Waals surface area contributed by atoms with Crippen LogP contribution in [0.4, 0.5) is 0 Å². The molecule has 0 aromatic carbocycles. The predicted molar refractivity (Wildman–Crippen MR) is 33.3 cm³/mol. The van der Waals surface area contributed by atoms with Crippen LogP contribution in [0.2, 0.25) is 4.94 Å². The van der Waals surface area contributed by atoms with Gasteiger partial charge in [-0.15, -0.1) is 0 Å². The van der Waals surface area contributed by atoms with Crippen molar-refractivity contribution in [2.24, 2.45) is 0 Å². The van der Waals surface area contributed by atoms with E-state index in [2.05, 4.69) is 14.9 Å². The first-order chi connectivity index (χ1) is 3.93. The Labute approximate surface area is 58.6 Å². The van der Waals surface area contributed by atoms with Crippen LogP contribution in [0.1, 0.15) is 0 Å². The molecule has 0 aliphatic carbocycles. The van der Waals surface area contributed by atoms with Gasteiger partial charge in [0.05, 0.1) is 0 Å². The van der Waals surface area contributed by atoms with Crippen LogP contribution in [0.3, 0.4) is 0 Å². The Morgan fingerprint density at radius 3 is 2.38 bits per heavy atom. The van der Waals surface area contributed by atoms with Gasteiger partial charge in [0, 0.05) is 0 Å². The van der Waals surface area contributed by atoms with E-state index < -0.39 is 0 Å². The van der Waals surface area contributed by atoms with Crippen LogP contribution >= 0.6 is 0 Å². The molecule has 0 bridgehead atoms. The fourth-order valence-electron chi connectivity index (χ4n) is 0.428. The summed E-state index contributed by atoms with van der Waals surface area (Å²) in [5.74, 6) is 0. The van der Waals surface area contributed by atoms with Gasteiger partial charge in [-0.05, 0) is 0 Å². The predicted octanol–water partition coefficient (Wildman–Crippen LogP) is -0.146. The van der Waals surface area contributed by atoms with E-state index in [4.69, 9.17) is 0 Å². The summed E-state index contributed by atoms with van der Waals surface area (Å²) < 4.78 is 1.08. The van der Waals surface area contributed by atoms with Gasteiger partial charge in [-0.1, -0.05) is 0 Å². The standard InChI is InChI=1S/C4H3N2.CH3.Sn/c1-2-5-4-6-3-1;;/h1-3H;1H3;. The number of hydrogen-bond acceptors (Lipinski definition) is 2. The number of aromatic nitrogens is 2. The van der Waals surface area contributed by atoms with E-state index in [1.165, 1.54) is 0 Å². The Morgan fingerprint density at radius 1 is 1.38 bits per heavy atom. The van der Waals surface area contributed by atoms with Gasteiger partial charge in [-0.25, -0.2) is 0 Å². The van der Waals surface area contributed by atoms with Gasteiger partial charge in [-0.2, -0.15) is 0 Å². The summed E-state index contributed by atoms with van der Waals surface area (Å²) in [5.41, 5.74) is 0. The summed E-state index contributed by atoms with van der Waals surface area (Å²) in [6.45, 7) is 0. The monoisotopic (exact) mass is 214 g/mol. The van der Waals surface area contributed by atoms with E-state index in [-0.39, 0.29) is 21.1 Å². The Hall–Kier alpha value is -0.121. The van der Waals surface area contributed by atoms with Crippen molar-refractivity contribution in [1.29, 1.82) is 0 Å². The van der Waals surface area contributed by atoms with Gasteiger partial charge in [-0.3, -0.25) is 0 Å². The maximum absolute atomic E-state index is 4.06. The molecule has 1 heterocycles. The third kappa shape index (κ3) is 1.43. The summed E-state index contributed by atoms with van der Waals surface area (Å²) in [6, 6.07) is 1.85. The molecule has 0 saturated heterocycles. The number of nitrogens with zero attached hydrogens (tertiary/aromatic N) is 2. The van der Waals surface area contributed by atoms with Crippen molar-refractivity contribution < 1.29 is 0 Å². The summed E-state index contributed by atoms with van der Waals surface area (Å²) >= 11 is -0.366. The van der Waals surface area contributed by atoms with Crippen molar-refractivity contribution in [1.82, 2.24) is 9.97 Å². The maximum atomic E-state index is 4.06. The molecule has 2 radical (unpaired) electrons. The molecular weight excluding hydrogens is 207 g/mol. The fourth-order valence-corrected chi connectivity index (χ4v) is 1.59. The molecule has 2 nitrogen and oxygen atoms in total. The molecule has 0 unspecified atom stereocenters. The molecule has 0 spiro atoms. The van der Waals surface area contributed by atoms with Gasteiger partial charge in [0.2, 0.25) is 0 Å². The van der Waals surface area contributed by atoms with Crippen LogP contribution in [-0.4, -0.2) is 31.1 Å². The van der Waals surface area contributed by atoms with Crippen molar-refractivity contribution >= 4 is 25.0 Å². The van der Waals surface area contributed by atoms with Gasteiger partial charge in [0.25, 0.3) is 0 Å². The zero-order valence-electron chi connectivity index (χ0n) is 4.63. The van der Waals surface area contributed by atoms with Crippen LogP contribution in [-0.2, 0) is 0 Å². The van der Waals surface area contributed by atoms with Crippen molar-refractivity contribution in [2.75, 3.05) is 0 Å². The SMILES string of the molecule is [CH3][Sn][c]1ncccn1. The third-order valence-electron chi connectivity index (χ3n) is 0.789. The second kappa shape index (κ2) is 3.02. The second-order valence-corrected chi connectivity index (χ2v) is 4.03. The summed E-state index contributed by atoms with van der Waals surface area (Å²) in [4.78, 5) is 10.3. The first kappa shape index (κ1) is 6.01. The Kier molecular flexibility index (Phi) is 2.26. The van der Waals surface area contributed by atoms with Crippen LogP contribution in [0.15, 0.2) is 18.5 Å². The van der Waals surface area contributed by atoms with Gasteiger partial charge in [0.15, 0.2) is 0 Å². The van der Waals surface area contributed by atoms with E-state index in [0.29, 0.717) is 0 Å². The topological polar surface area (TPSA) is 25.8 Å². The van der Waals surface area contributed by atoms with Gasteiger partial charge >= 0.3 is 58.4 Å². The molecule has 0 atom stereocenters. The molecule has 0 amide bonds. The van der Waals surface area contributed by atoms with E-state index in [9.17, 15) is 0 Å². The molecule has 1 rings (SSSR count). The van der Waals surface area contributed by atoms with E-state index in [1.54, 1.807) is 12.4 Å². The van der Waals surface area contributed by atoms with E-state index >= 15 is 0 Å². The molecular formula is C5H6N2Sn. The molecule has 1 aromatic rings. The molecule has 40 valence electrons.